The summed E-state index contributed by atoms with van der Waals surface area (Å²) in [5, 5.41) is 20.1. The summed E-state index contributed by atoms with van der Waals surface area (Å²) < 4.78 is 5.93. The summed E-state index contributed by atoms with van der Waals surface area (Å²) in [4.78, 5) is 27.3. The van der Waals surface area contributed by atoms with E-state index in [4.69, 9.17) is 4.74 Å². The largest absolute Gasteiger partial charge is 0.382 e. The zero-order valence-corrected chi connectivity index (χ0v) is 20.3. The Kier molecular flexibility index (Phi) is 7.24. The Morgan fingerprint density at radius 2 is 1.12 bits per heavy atom. The average molecular weight is 454 g/mol. The van der Waals surface area contributed by atoms with Crippen LogP contribution in [-0.2, 0) is 4.74 Å². The number of benzene rings is 2. The highest BCUT2D eigenvalue weighted by Gasteiger charge is 2.31. The van der Waals surface area contributed by atoms with Crippen LogP contribution in [0.25, 0.3) is 0 Å². The highest BCUT2D eigenvalue weighted by molar-refractivity contribution is 6.02. The first-order valence-electron chi connectivity index (χ1n) is 11.4. The molecular formula is C27H35NO5. The predicted molar refractivity (Wildman–Crippen MR) is 128 cm³/mol. The predicted octanol–water partition coefficient (Wildman–Crippen LogP) is 3.79. The van der Waals surface area contributed by atoms with E-state index < -0.39 is 11.2 Å². The summed E-state index contributed by atoms with van der Waals surface area (Å²) in [5.74, 6) is -0.651. The zero-order chi connectivity index (χ0) is 24.6. The molecule has 1 aliphatic heterocycles. The molecule has 1 fully saturated rings. The smallest absolute Gasteiger partial charge is 0.193 e. The average Bonchev–Trinajstić information content (AvgIpc) is 2.72. The third-order valence-corrected chi connectivity index (χ3v) is 5.90. The third-order valence-electron chi connectivity index (χ3n) is 5.90. The van der Waals surface area contributed by atoms with E-state index in [0.29, 0.717) is 11.1 Å². The highest BCUT2D eigenvalue weighted by Crippen LogP contribution is 2.32. The summed E-state index contributed by atoms with van der Waals surface area (Å²) >= 11 is 0. The minimum absolute atomic E-state index is 0.0725. The Hall–Kier alpha value is -2.38. The molecule has 0 aliphatic carbocycles. The van der Waals surface area contributed by atoms with Gasteiger partial charge in [-0.1, -0.05) is 48.5 Å². The Morgan fingerprint density at radius 1 is 0.788 bits per heavy atom. The van der Waals surface area contributed by atoms with E-state index in [1.807, 2.05) is 24.3 Å². The van der Waals surface area contributed by atoms with Gasteiger partial charge in [0, 0.05) is 24.2 Å². The second-order valence-electron chi connectivity index (χ2n) is 10.1. The Morgan fingerprint density at radius 3 is 1.42 bits per heavy atom. The van der Waals surface area contributed by atoms with Crippen molar-refractivity contribution in [3.63, 3.8) is 0 Å². The molecule has 0 bridgehead atoms. The van der Waals surface area contributed by atoms with E-state index in [1.54, 1.807) is 24.3 Å². The van der Waals surface area contributed by atoms with Crippen LogP contribution in [0.5, 0.6) is 0 Å². The molecule has 0 radical (unpaired) electrons. The number of ketones is 2. The van der Waals surface area contributed by atoms with Gasteiger partial charge in [0.05, 0.1) is 18.2 Å². The van der Waals surface area contributed by atoms with Crippen LogP contribution in [0, 0.1) is 0 Å². The van der Waals surface area contributed by atoms with Crippen molar-refractivity contribution in [3.8, 4) is 0 Å². The summed E-state index contributed by atoms with van der Waals surface area (Å²) in [5.41, 5.74) is 0.0625. The van der Waals surface area contributed by atoms with Gasteiger partial charge in [0.25, 0.3) is 0 Å². The van der Waals surface area contributed by atoms with Crippen LogP contribution in [0.2, 0.25) is 0 Å². The maximum absolute atomic E-state index is 12.5. The van der Waals surface area contributed by atoms with E-state index in [1.165, 1.54) is 27.7 Å². The number of ether oxygens (including phenoxy) is 1. The molecule has 3 rings (SSSR count). The van der Waals surface area contributed by atoms with Gasteiger partial charge in [0.1, 0.15) is 11.2 Å². The molecule has 2 aromatic rings. The molecule has 33 heavy (non-hydrogen) atoms. The van der Waals surface area contributed by atoms with Crippen molar-refractivity contribution in [3.05, 3.63) is 70.8 Å². The number of Topliss-reactive ketones (excluding diaryl/α,β-unsaturated/α-hetero) is 2. The van der Waals surface area contributed by atoms with Gasteiger partial charge in [0.2, 0.25) is 0 Å². The number of hydrogen-bond acceptors (Lipinski definition) is 6. The Labute approximate surface area is 196 Å². The summed E-state index contributed by atoms with van der Waals surface area (Å²) in [7, 11) is 0. The van der Waals surface area contributed by atoms with E-state index in [2.05, 4.69) is 18.7 Å². The standard InChI is InChI=1S/C27H35NO5/c1-17-15-28(16-18(2)33-17)23(19-7-11-21(12-8-19)24(29)26(3,4)31)20-9-13-22(14-10-20)25(30)27(5,6)32/h7-14,17-18,23,31-32H,15-16H2,1-6H3. The second-order valence-corrected chi connectivity index (χ2v) is 10.1. The van der Waals surface area contributed by atoms with Gasteiger partial charge in [-0.05, 0) is 52.7 Å². The number of morpholine rings is 1. The lowest BCUT2D eigenvalue weighted by Gasteiger charge is -2.40. The lowest BCUT2D eigenvalue weighted by atomic mass is 9.90. The fourth-order valence-corrected chi connectivity index (χ4v) is 4.38. The molecule has 1 saturated heterocycles. The van der Waals surface area contributed by atoms with Gasteiger partial charge >= 0.3 is 0 Å². The first-order valence-corrected chi connectivity index (χ1v) is 11.4. The molecule has 2 unspecified atom stereocenters. The van der Waals surface area contributed by atoms with Gasteiger partial charge in [-0.2, -0.15) is 0 Å². The Bertz CT molecular complexity index is 904. The van der Waals surface area contributed by atoms with E-state index >= 15 is 0 Å². The molecule has 6 nitrogen and oxygen atoms in total. The van der Waals surface area contributed by atoms with Gasteiger partial charge in [0.15, 0.2) is 11.6 Å². The normalized spacial score (nSPS) is 20.2. The fraction of sp³-hybridized carbons (Fsp3) is 0.481. The van der Waals surface area contributed by atoms with Gasteiger partial charge in [-0.15, -0.1) is 0 Å². The molecule has 2 N–H and O–H groups in total. The molecule has 2 atom stereocenters. The molecule has 6 heteroatoms. The van der Waals surface area contributed by atoms with Gasteiger partial charge < -0.3 is 14.9 Å². The zero-order valence-electron chi connectivity index (χ0n) is 20.3. The topological polar surface area (TPSA) is 87.1 Å². The van der Waals surface area contributed by atoms with E-state index in [-0.39, 0.29) is 29.8 Å². The number of aliphatic hydroxyl groups is 2. The molecule has 2 aromatic carbocycles. The van der Waals surface area contributed by atoms with Crippen LogP contribution in [-0.4, -0.2) is 63.2 Å². The van der Waals surface area contributed by atoms with Crippen molar-refractivity contribution in [2.24, 2.45) is 0 Å². The van der Waals surface area contributed by atoms with Crippen LogP contribution >= 0.6 is 0 Å². The Balaban J connectivity index is 1.99. The van der Waals surface area contributed by atoms with Crippen LogP contribution in [0.1, 0.15) is 79.4 Å². The molecule has 1 aliphatic rings. The van der Waals surface area contributed by atoms with Crippen molar-refractivity contribution < 1.29 is 24.5 Å². The van der Waals surface area contributed by atoms with Crippen molar-refractivity contribution in [1.82, 2.24) is 4.90 Å². The van der Waals surface area contributed by atoms with E-state index in [9.17, 15) is 19.8 Å². The maximum Gasteiger partial charge on any atom is 0.193 e. The first-order chi connectivity index (χ1) is 15.3. The van der Waals surface area contributed by atoms with E-state index in [0.717, 1.165) is 24.2 Å². The van der Waals surface area contributed by atoms with Crippen molar-refractivity contribution in [2.75, 3.05) is 13.1 Å². The molecule has 0 aromatic heterocycles. The van der Waals surface area contributed by atoms with Crippen molar-refractivity contribution in [1.29, 1.82) is 0 Å². The van der Waals surface area contributed by atoms with Crippen LogP contribution < -0.4 is 0 Å². The fourth-order valence-electron chi connectivity index (χ4n) is 4.38. The summed E-state index contributed by atoms with van der Waals surface area (Å²) in [6.45, 7) is 11.5. The number of rotatable bonds is 7. The highest BCUT2D eigenvalue weighted by atomic mass is 16.5. The lowest BCUT2D eigenvalue weighted by molar-refractivity contribution is -0.0765. The van der Waals surface area contributed by atoms with Crippen LogP contribution in [0.15, 0.2) is 48.5 Å². The number of hydrogen-bond donors (Lipinski definition) is 2. The SMILES string of the molecule is CC1CN(C(c2ccc(C(=O)C(C)(C)O)cc2)c2ccc(C(=O)C(C)(C)O)cc2)CC(C)O1. The number of carbonyl (C=O) groups excluding carboxylic acids is 2. The van der Waals surface area contributed by atoms with Gasteiger partial charge in [-0.25, -0.2) is 0 Å². The molecule has 1 heterocycles. The third kappa shape index (κ3) is 5.95. The molecule has 0 amide bonds. The maximum atomic E-state index is 12.5. The summed E-state index contributed by atoms with van der Waals surface area (Å²) in [6.07, 6.45) is 0.145. The minimum atomic E-state index is -1.43. The minimum Gasteiger partial charge on any atom is -0.382 e. The first kappa shape index (κ1) is 25.2. The van der Waals surface area contributed by atoms with Gasteiger partial charge in [-0.3, -0.25) is 14.5 Å². The lowest BCUT2D eigenvalue weighted by Crippen LogP contribution is -2.47. The quantitative estimate of drug-likeness (QED) is 0.621. The molecule has 0 saturated carbocycles. The number of carbonyl (C=O) groups is 2. The molecule has 0 spiro atoms. The molecular weight excluding hydrogens is 418 g/mol. The van der Waals surface area contributed by atoms with Crippen LogP contribution in [0.4, 0.5) is 0 Å². The van der Waals surface area contributed by atoms with Crippen molar-refractivity contribution >= 4 is 11.6 Å². The van der Waals surface area contributed by atoms with Crippen LogP contribution in [0.3, 0.4) is 0 Å². The second kappa shape index (κ2) is 9.47. The monoisotopic (exact) mass is 453 g/mol. The van der Waals surface area contributed by atoms with Crippen molar-refractivity contribution in [2.45, 2.75) is 71.0 Å². The number of nitrogens with zero attached hydrogens (tertiary/aromatic N) is 1. The molecule has 178 valence electrons. The summed E-state index contributed by atoms with van der Waals surface area (Å²) in [6, 6.07) is 14.6.